The fourth-order valence-electron chi connectivity index (χ4n) is 3.96. The summed E-state index contributed by atoms with van der Waals surface area (Å²) in [6, 6.07) is 15.7. The summed E-state index contributed by atoms with van der Waals surface area (Å²) < 4.78 is 2.82. The van der Waals surface area contributed by atoms with Crippen molar-refractivity contribution in [3.05, 3.63) is 70.9 Å². The van der Waals surface area contributed by atoms with Crippen molar-refractivity contribution in [3.8, 4) is 21.7 Å². The summed E-state index contributed by atoms with van der Waals surface area (Å²) in [5.74, 6) is -0.857. The molecule has 7 heteroatoms. The van der Waals surface area contributed by atoms with Crippen LogP contribution in [0.4, 0.5) is 0 Å². The Morgan fingerprint density at radius 2 is 1.87 bits per heavy atom. The molecular formula is C24H18ClN3O2S. The van der Waals surface area contributed by atoms with Gasteiger partial charge in [-0.05, 0) is 60.0 Å². The molecule has 0 aliphatic heterocycles. The largest absolute Gasteiger partial charge is 0.481 e. The van der Waals surface area contributed by atoms with E-state index in [0.29, 0.717) is 5.02 Å². The van der Waals surface area contributed by atoms with Gasteiger partial charge in [-0.25, -0.2) is 4.98 Å². The summed E-state index contributed by atoms with van der Waals surface area (Å²) in [7, 11) is 1.92. The van der Waals surface area contributed by atoms with E-state index in [1.54, 1.807) is 11.3 Å². The lowest BCUT2D eigenvalue weighted by atomic mass is 9.93. The normalized spacial score (nSPS) is 11.5. The molecule has 0 atom stereocenters. The molecule has 0 aliphatic rings. The molecule has 0 saturated carbocycles. The number of hydrogen-bond donors (Lipinski definition) is 1. The summed E-state index contributed by atoms with van der Waals surface area (Å²) in [5.41, 5.74) is 6.52. The standard InChI is InChI=1S/C24H18ClN3O2S/c1-13-9-19-23(22(18(13)11-21(29)30)14-3-6-17(25)7-4-14)31-24(27-19)15-5-8-20-16(10-15)12-26-28(20)2/h3-10,12H,11H2,1-2H3,(H,29,30). The maximum absolute atomic E-state index is 11.6. The highest BCUT2D eigenvalue weighted by Crippen LogP contribution is 2.41. The smallest absolute Gasteiger partial charge is 0.307 e. The van der Waals surface area contributed by atoms with Crippen LogP contribution in [0, 0.1) is 6.92 Å². The predicted molar refractivity (Wildman–Crippen MR) is 126 cm³/mol. The molecule has 0 radical (unpaired) electrons. The van der Waals surface area contributed by atoms with Gasteiger partial charge in [0, 0.05) is 28.6 Å². The molecule has 154 valence electrons. The van der Waals surface area contributed by atoms with Crippen molar-refractivity contribution in [2.75, 3.05) is 0 Å². The first-order chi connectivity index (χ1) is 14.9. The summed E-state index contributed by atoms with van der Waals surface area (Å²) in [5, 5.41) is 16.4. The average Bonchev–Trinajstić information content (AvgIpc) is 3.32. The van der Waals surface area contributed by atoms with Crippen LogP contribution in [0.5, 0.6) is 0 Å². The van der Waals surface area contributed by atoms with Crippen LogP contribution < -0.4 is 0 Å². The highest BCUT2D eigenvalue weighted by molar-refractivity contribution is 7.22. The lowest BCUT2D eigenvalue weighted by Gasteiger charge is -2.13. The number of halogens is 1. The Morgan fingerprint density at radius 3 is 2.61 bits per heavy atom. The van der Waals surface area contributed by atoms with Gasteiger partial charge in [0.15, 0.2) is 0 Å². The Labute approximate surface area is 187 Å². The van der Waals surface area contributed by atoms with Crippen LogP contribution in [0.25, 0.3) is 42.8 Å². The van der Waals surface area contributed by atoms with Crippen LogP contribution in [-0.2, 0) is 18.3 Å². The molecule has 0 spiro atoms. The van der Waals surface area contributed by atoms with Gasteiger partial charge in [-0.15, -0.1) is 11.3 Å². The minimum absolute atomic E-state index is 0.0470. The van der Waals surface area contributed by atoms with Crippen molar-refractivity contribution in [2.45, 2.75) is 13.3 Å². The molecule has 0 saturated heterocycles. The first kappa shape index (κ1) is 19.7. The van der Waals surface area contributed by atoms with Crippen LogP contribution in [0.15, 0.2) is 54.7 Å². The SMILES string of the molecule is Cc1cc2nc(-c3ccc4c(cnn4C)c3)sc2c(-c2ccc(Cl)cc2)c1CC(=O)O. The van der Waals surface area contributed by atoms with Crippen molar-refractivity contribution in [1.82, 2.24) is 14.8 Å². The Morgan fingerprint density at radius 1 is 1.13 bits per heavy atom. The fourth-order valence-corrected chi connectivity index (χ4v) is 5.22. The van der Waals surface area contributed by atoms with Gasteiger partial charge in [0.1, 0.15) is 5.01 Å². The molecule has 31 heavy (non-hydrogen) atoms. The summed E-state index contributed by atoms with van der Waals surface area (Å²) in [6.45, 7) is 1.94. The fraction of sp³-hybridized carbons (Fsp3) is 0.125. The molecule has 0 fully saturated rings. The third-order valence-corrected chi connectivity index (χ3v) is 6.86. The van der Waals surface area contributed by atoms with E-state index in [1.165, 1.54) is 0 Å². The molecule has 1 N–H and O–H groups in total. The first-order valence-corrected chi connectivity index (χ1v) is 10.9. The lowest BCUT2D eigenvalue weighted by Crippen LogP contribution is -2.04. The second-order valence-electron chi connectivity index (χ2n) is 7.53. The molecule has 2 aromatic heterocycles. The third-order valence-electron chi connectivity index (χ3n) is 5.47. The quantitative estimate of drug-likeness (QED) is 0.361. The van der Waals surface area contributed by atoms with Crippen LogP contribution in [0.3, 0.4) is 0 Å². The number of carboxylic acids is 1. The maximum Gasteiger partial charge on any atom is 0.307 e. The second-order valence-corrected chi connectivity index (χ2v) is 8.97. The topological polar surface area (TPSA) is 68.0 Å². The highest BCUT2D eigenvalue weighted by Gasteiger charge is 2.19. The van der Waals surface area contributed by atoms with Gasteiger partial charge in [-0.1, -0.05) is 23.7 Å². The minimum Gasteiger partial charge on any atom is -0.481 e. The lowest BCUT2D eigenvalue weighted by molar-refractivity contribution is -0.136. The number of hydrogen-bond acceptors (Lipinski definition) is 4. The monoisotopic (exact) mass is 447 g/mol. The van der Waals surface area contributed by atoms with E-state index in [0.717, 1.165) is 53.9 Å². The molecule has 0 amide bonds. The number of carbonyl (C=O) groups is 1. The molecule has 0 aliphatic carbocycles. The van der Waals surface area contributed by atoms with Crippen LogP contribution in [0.1, 0.15) is 11.1 Å². The minimum atomic E-state index is -0.857. The van der Waals surface area contributed by atoms with Crippen LogP contribution in [0.2, 0.25) is 5.02 Å². The van der Waals surface area contributed by atoms with E-state index >= 15 is 0 Å². The first-order valence-electron chi connectivity index (χ1n) is 9.73. The van der Waals surface area contributed by atoms with E-state index in [4.69, 9.17) is 16.6 Å². The molecule has 3 aromatic carbocycles. The molecule has 0 bridgehead atoms. The molecule has 5 nitrogen and oxygen atoms in total. The highest BCUT2D eigenvalue weighted by atomic mass is 35.5. The zero-order valence-electron chi connectivity index (χ0n) is 16.9. The van der Waals surface area contributed by atoms with Crippen molar-refractivity contribution < 1.29 is 9.90 Å². The van der Waals surface area contributed by atoms with E-state index < -0.39 is 5.97 Å². The van der Waals surface area contributed by atoms with E-state index in [9.17, 15) is 9.90 Å². The zero-order valence-corrected chi connectivity index (χ0v) is 18.5. The Hall–Kier alpha value is -3.22. The summed E-state index contributed by atoms with van der Waals surface area (Å²) in [6.07, 6.45) is 1.80. The zero-order chi connectivity index (χ0) is 21.7. The van der Waals surface area contributed by atoms with Gasteiger partial charge in [0.2, 0.25) is 0 Å². The van der Waals surface area contributed by atoms with Gasteiger partial charge in [-0.2, -0.15) is 5.10 Å². The van der Waals surface area contributed by atoms with E-state index in [-0.39, 0.29) is 6.42 Å². The number of benzene rings is 3. The van der Waals surface area contributed by atoms with Gasteiger partial charge < -0.3 is 5.11 Å². The number of aryl methyl sites for hydroxylation is 2. The summed E-state index contributed by atoms with van der Waals surface area (Å²) >= 11 is 7.67. The Bertz CT molecular complexity index is 1470. The average molecular weight is 448 g/mol. The number of thiazole rings is 1. The second kappa shape index (κ2) is 7.48. The van der Waals surface area contributed by atoms with E-state index in [1.807, 2.05) is 61.2 Å². The molecule has 2 heterocycles. The van der Waals surface area contributed by atoms with Gasteiger partial charge in [0.05, 0.1) is 28.4 Å². The number of fused-ring (bicyclic) bond motifs is 2. The predicted octanol–water partition coefficient (Wildman–Crippen LogP) is 6.11. The maximum atomic E-state index is 11.6. The van der Waals surface area contributed by atoms with Crippen molar-refractivity contribution in [1.29, 1.82) is 0 Å². The molecule has 5 rings (SSSR count). The molecular weight excluding hydrogens is 430 g/mol. The van der Waals surface area contributed by atoms with Gasteiger partial charge in [-0.3, -0.25) is 9.48 Å². The van der Waals surface area contributed by atoms with Crippen molar-refractivity contribution >= 4 is 50.0 Å². The van der Waals surface area contributed by atoms with Gasteiger partial charge >= 0.3 is 5.97 Å². The number of aromatic nitrogens is 3. The van der Waals surface area contributed by atoms with Crippen molar-refractivity contribution in [2.24, 2.45) is 7.05 Å². The van der Waals surface area contributed by atoms with Gasteiger partial charge in [0.25, 0.3) is 0 Å². The molecule has 5 aromatic rings. The molecule has 0 unspecified atom stereocenters. The van der Waals surface area contributed by atoms with E-state index in [2.05, 4.69) is 17.2 Å². The van der Waals surface area contributed by atoms with Crippen molar-refractivity contribution in [3.63, 3.8) is 0 Å². The number of aliphatic carboxylic acids is 1. The number of nitrogens with zero attached hydrogens (tertiary/aromatic N) is 3. The summed E-state index contributed by atoms with van der Waals surface area (Å²) in [4.78, 5) is 16.5. The number of carboxylic acid groups (broad SMARTS) is 1. The number of rotatable bonds is 4. The van der Waals surface area contributed by atoms with Crippen LogP contribution in [-0.4, -0.2) is 25.8 Å². The van der Waals surface area contributed by atoms with Crippen LogP contribution >= 0.6 is 22.9 Å². The third kappa shape index (κ3) is 3.48. The Balaban J connectivity index is 1.75. The Kier molecular flexibility index (Phi) is 4.76.